The third-order valence-electron chi connectivity index (χ3n) is 6.40. The first kappa shape index (κ1) is 31.0. The van der Waals surface area contributed by atoms with E-state index in [0.717, 1.165) is 25.7 Å². The second-order valence-corrected chi connectivity index (χ2v) is 9.44. The Balaban J connectivity index is 0.000000199. The average molecular weight is 651 g/mol. The van der Waals surface area contributed by atoms with Crippen LogP contribution < -0.4 is 0 Å². The number of rotatable bonds is 2. The number of unbranched alkanes of at least 4 members (excludes halogenated alkanes) is 2. The second-order valence-electron chi connectivity index (χ2n) is 9.44. The minimum Gasteiger partial charge on any atom is -0.343 e. The van der Waals surface area contributed by atoms with Gasteiger partial charge >= 0.3 is 25.8 Å². The number of benzene rings is 4. The molecule has 1 heteroatoms. The van der Waals surface area contributed by atoms with Crippen LogP contribution in [0.2, 0.25) is 0 Å². The zero-order chi connectivity index (χ0) is 25.9. The zero-order valence-corrected chi connectivity index (χ0v) is 26.7. The molecule has 37 heavy (non-hydrogen) atoms. The van der Waals surface area contributed by atoms with Crippen LogP contribution in [0.1, 0.15) is 72.9 Å². The molecule has 0 saturated carbocycles. The predicted molar refractivity (Wildman–Crippen MR) is 157 cm³/mol. The fourth-order valence-corrected chi connectivity index (χ4v) is 4.35. The number of hydrogen-bond donors (Lipinski definition) is 0. The van der Waals surface area contributed by atoms with E-state index in [-0.39, 0.29) is 25.8 Å². The smallest absolute Gasteiger partial charge is 0.343 e. The Morgan fingerprint density at radius 2 is 0.919 bits per heavy atom. The molecule has 2 aliphatic carbocycles. The predicted octanol–water partition coefficient (Wildman–Crippen LogP) is 9.97. The van der Waals surface area contributed by atoms with Gasteiger partial charge in [-0.15, -0.1) is 22.3 Å². The maximum absolute atomic E-state index is 3.60. The molecule has 0 fully saturated rings. The van der Waals surface area contributed by atoms with E-state index in [2.05, 4.69) is 126 Å². The quantitative estimate of drug-likeness (QED) is 0.129. The Kier molecular flexibility index (Phi) is 13.3. The summed E-state index contributed by atoms with van der Waals surface area (Å²) in [6.45, 7) is 15.6. The van der Waals surface area contributed by atoms with Gasteiger partial charge in [0.2, 0.25) is 0 Å². The molecule has 0 heterocycles. The summed E-state index contributed by atoms with van der Waals surface area (Å²) in [5, 5.41) is 0. The van der Waals surface area contributed by atoms with Crippen LogP contribution in [0.3, 0.4) is 0 Å². The van der Waals surface area contributed by atoms with Gasteiger partial charge < -0.3 is 13.8 Å². The first-order chi connectivity index (χ1) is 17.5. The van der Waals surface area contributed by atoms with Gasteiger partial charge in [-0.3, -0.25) is 0 Å². The molecule has 0 aromatic heterocycles. The van der Waals surface area contributed by atoms with E-state index in [1.54, 1.807) is 0 Å². The van der Waals surface area contributed by atoms with Crippen LogP contribution in [0.15, 0.2) is 72.8 Å². The van der Waals surface area contributed by atoms with Gasteiger partial charge in [-0.25, -0.2) is 0 Å². The molecule has 0 radical (unpaired) electrons. The van der Waals surface area contributed by atoms with E-state index >= 15 is 0 Å². The fourth-order valence-electron chi connectivity index (χ4n) is 4.35. The molecule has 6 rings (SSSR count). The molecule has 188 valence electrons. The maximum Gasteiger partial charge on any atom is 4.00 e. The van der Waals surface area contributed by atoms with Gasteiger partial charge in [0.15, 0.2) is 0 Å². The summed E-state index contributed by atoms with van der Waals surface area (Å²) in [6, 6.07) is 32.8. The summed E-state index contributed by atoms with van der Waals surface area (Å²) in [5.74, 6) is 0. The second kappa shape index (κ2) is 15.9. The molecule has 0 N–H and O–H groups in total. The van der Waals surface area contributed by atoms with Gasteiger partial charge in [-0.1, -0.05) is 111 Å². The fraction of sp³-hybridized carbons (Fsp3) is 0.278. The van der Waals surface area contributed by atoms with Crippen molar-refractivity contribution in [2.75, 3.05) is 0 Å². The molecule has 0 saturated heterocycles. The van der Waals surface area contributed by atoms with Crippen molar-refractivity contribution in [1.82, 2.24) is 0 Å². The molecule has 4 aromatic carbocycles. The SMILES string of the molecule is Cc1[c-]c2c(cc1)-c1ccccc1C2.Cc1[c-]c2c(cc1)-c1ccccc1C2.[CH2-]CCC.[CH2-]CCC.[Hf+4]. The van der Waals surface area contributed by atoms with Crippen molar-refractivity contribution in [3.8, 4) is 22.3 Å². The molecule has 0 amide bonds. The van der Waals surface area contributed by atoms with E-state index in [1.165, 1.54) is 68.5 Å². The molecule has 0 spiro atoms. The summed E-state index contributed by atoms with van der Waals surface area (Å²) < 4.78 is 0. The largest absolute Gasteiger partial charge is 4.00 e. The van der Waals surface area contributed by atoms with Crippen molar-refractivity contribution in [2.45, 2.75) is 66.2 Å². The molecule has 0 bridgehead atoms. The van der Waals surface area contributed by atoms with Crippen molar-refractivity contribution >= 4 is 0 Å². The average Bonchev–Trinajstić information content (AvgIpc) is 3.46. The van der Waals surface area contributed by atoms with Crippen molar-refractivity contribution in [1.29, 1.82) is 0 Å². The van der Waals surface area contributed by atoms with E-state index < -0.39 is 0 Å². The first-order valence-electron chi connectivity index (χ1n) is 13.3. The van der Waals surface area contributed by atoms with E-state index in [0.29, 0.717) is 0 Å². The van der Waals surface area contributed by atoms with Crippen molar-refractivity contribution in [3.63, 3.8) is 0 Å². The van der Waals surface area contributed by atoms with Crippen LogP contribution in [0, 0.1) is 39.8 Å². The summed E-state index contributed by atoms with van der Waals surface area (Å²) in [5.41, 5.74) is 13.6. The van der Waals surface area contributed by atoms with E-state index in [1.807, 2.05) is 0 Å². The van der Waals surface area contributed by atoms with Crippen LogP contribution in [0.5, 0.6) is 0 Å². The number of hydrogen-bond acceptors (Lipinski definition) is 0. The maximum atomic E-state index is 3.60. The molecule has 0 atom stereocenters. The summed E-state index contributed by atoms with van der Waals surface area (Å²) in [7, 11) is 0. The Morgan fingerprint density at radius 3 is 1.27 bits per heavy atom. The van der Waals surface area contributed by atoms with Gasteiger partial charge in [-0.05, 0) is 12.8 Å². The Bertz CT molecular complexity index is 1150. The van der Waals surface area contributed by atoms with Crippen molar-refractivity contribution < 1.29 is 25.8 Å². The summed E-state index contributed by atoms with van der Waals surface area (Å²) in [4.78, 5) is 0. The van der Waals surface area contributed by atoms with Crippen LogP contribution in [0.4, 0.5) is 0 Å². The van der Waals surface area contributed by atoms with E-state index in [9.17, 15) is 0 Å². The standard InChI is InChI=1S/2C14H11.2C4H9.Hf/c2*1-10-6-7-14-12(8-10)9-11-4-2-3-5-13(11)14;2*1-3-4-2;/h2*2-7H,9H2,1H3;2*1,3-4H2,2H3;/q4*-1;+4. The van der Waals surface area contributed by atoms with Crippen LogP contribution in [-0.4, -0.2) is 0 Å². The monoisotopic (exact) mass is 652 g/mol. The molecule has 2 aliphatic rings. The van der Waals surface area contributed by atoms with Crippen LogP contribution in [0.25, 0.3) is 22.3 Å². The van der Waals surface area contributed by atoms with Gasteiger partial charge in [0.1, 0.15) is 0 Å². The van der Waals surface area contributed by atoms with Crippen molar-refractivity contribution in [2.24, 2.45) is 0 Å². The van der Waals surface area contributed by atoms with Gasteiger partial charge in [0.05, 0.1) is 0 Å². The molecule has 0 nitrogen and oxygen atoms in total. The Morgan fingerprint density at radius 1 is 0.568 bits per heavy atom. The summed E-state index contributed by atoms with van der Waals surface area (Å²) in [6.07, 6.45) is 6.65. The molecular weight excluding hydrogens is 611 g/mol. The molecular formula is C36H40Hf. The molecule has 4 aromatic rings. The third kappa shape index (κ3) is 8.37. The third-order valence-corrected chi connectivity index (χ3v) is 6.40. The normalized spacial score (nSPS) is 11.0. The number of fused-ring (bicyclic) bond motifs is 6. The Hall–Kier alpha value is -2.25. The molecule has 0 aliphatic heterocycles. The van der Waals surface area contributed by atoms with E-state index in [4.69, 9.17) is 0 Å². The minimum absolute atomic E-state index is 0. The number of aryl methyl sites for hydroxylation is 2. The van der Waals surface area contributed by atoms with Gasteiger partial charge in [0, 0.05) is 0 Å². The van der Waals surface area contributed by atoms with Gasteiger partial charge in [0.25, 0.3) is 0 Å². The Labute approximate surface area is 245 Å². The van der Waals surface area contributed by atoms with Crippen LogP contribution >= 0.6 is 0 Å². The zero-order valence-electron chi connectivity index (χ0n) is 23.1. The van der Waals surface area contributed by atoms with Crippen molar-refractivity contribution in [3.05, 3.63) is 132 Å². The van der Waals surface area contributed by atoms with Crippen LogP contribution in [-0.2, 0) is 38.7 Å². The first-order valence-corrected chi connectivity index (χ1v) is 13.3. The summed E-state index contributed by atoms with van der Waals surface area (Å²) >= 11 is 0. The minimum atomic E-state index is 0. The van der Waals surface area contributed by atoms with Gasteiger partial charge in [-0.2, -0.15) is 60.4 Å². The molecule has 0 unspecified atom stereocenters. The topological polar surface area (TPSA) is 0 Å².